The zero-order valence-electron chi connectivity index (χ0n) is 92.3. The molecule has 0 aliphatic heterocycles. The molecule has 6 atom stereocenters. The molecule has 1 radical (unpaired) electrons. The van der Waals surface area contributed by atoms with Crippen LogP contribution in [0.4, 0.5) is 17.1 Å². The summed E-state index contributed by atoms with van der Waals surface area (Å²) in [6.07, 6.45) is 52.0. The van der Waals surface area contributed by atoms with Gasteiger partial charge in [-0.25, -0.2) is 92.3 Å². The van der Waals surface area contributed by atoms with E-state index in [1.807, 2.05) is 98.1 Å². The van der Waals surface area contributed by atoms with Crippen molar-refractivity contribution < 1.29 is 123 Å². The number of isocyanates is 11. The lowest BCUT2D eigenvalue weighted by atomic mass is 9.63. The SMILES string of the molecule is CC(CCN=C=O)CC(C)(C)COC#N.CC1(C)CC(N=C=O)CC(C)(CN=C=O)C1.CCOC(=O)C(CCCCOC#N)N=C=O.COC(=O)C(CCCCOC#N)N=C=O.Cc1ccc(N=C=O)cc1N=C=O.I.I.N#COC1CCC(CC2CCC(N=C=O)CC2)CC1.N#COCCCCCCN=C=O.N#COCCCCN=C=O.N#COc1ccc(Cc2ccc(N=C=O)cc2)cc1.[2H]C([3H])I.[2H]CI.[2H]CI.[2H]P(I)I.[2H][3H].[2H][B]I.[HH].[HH].[HH].[HH].[HH].[HH].[HH]. The molecular formula is C98H149BI8N18O22P. The molecule has 40 nitrogen and oxygen atoms in total. The molecule has 0 heterocycles. The number of aliphatic imine (C=N–C) groups is 11. The maximum atomic E-state index is 11.3. The van der Waals surface area contributed by atoms with Gasteiger partial charge >= 0.3 is 11.9 Å². The van der Waals surface area contributed by atoms with Crippen LogP contribution in [0, 0.1) is 122 Å². The number of halogens is 8. The number of ether oxygens (including phenoxy) is 9. The molecule has 6 rings (SSSR count). The van der Waals surface area contributed by atoms with Crippen LogP contribution in [0.5, 0.6) is 5.75 Å². The number of rotatable bonds is 47. The lowest BCUT2D eigenvalue weighted by Crippen LogP contribution is -2.39. The van der Waals surface area contributed by atoms with Crippen LogP contribution in [0.2, 0.25) is 0 Å². The number of benzene rings is 3. The Bertz CT molecular complexity index is 5060. The molecule has 3 saturated carbocycles. The number of aryl methyl sites for hydroxylation is 1. The largest absolute Gasteiger partial charge is 0.467 e. The van der Waals surface area contributed by atoms with Gasteiger partial charge in [0.1, 0.15) is 44.9 Å². The summed E-state index contributed by atoms with van der Waals surface area (Å²) < 4.78 is 88.6. The minimum absolute atomic E-state index is 0. The lowest BCUT2D eigenvalue weighted by molar-refractivity contribution is -0.145. The number of hydrogen-bond acceptors (Lipinski definition) is 40. The van der Waals surface area contributed by atoms with E-state index in [0.29, 0.717) is 136 Å². The van der Waals surface area contributed by atoms with Crippen molar-refractivity contribution >= 4 is 288 Å². The van der Waals surface area contributed by atoms with E-state index in [4.69, 9.17) is 66.8 Å². The summed E-state index contributed by atoms with van der Waals surface area (Å²) in [5.41, 5.74) is 5.79. The minimum atomic E-state index is -0.797. The molecule has 827 valence electrons. The number of carbonyl (C=O) groups is 2. The summed E-state index contributed by atoms with van der Waals surface area (Å²) in [4.78, 5) is 171. The highest BCUT2D eigenvalue weighted by molar-refractivity contribution is 14.3. The number of alkyl halides is 3. The first kappa shape index (κ1) is 143. The Kier molecular flexibility index (Phi) is 116. The third-order valence-electron chi connectivity index (χ3n) is 20.1. The predicted molar refractivity (Wildman–Crippen MR) is 650 cm³/mol. The summed E-state index contributed by atoms with van der Waals surface area (Å²) in [6, 6.07) is 18.2. The Morgan fingerprint density at radius 1 is 0.574 bits per heavy atom. The third kappa shape index (κ3) is 102. The number of hydrogen-bond donors (Lipinski definition) is 0. The zero-order valence-corrected chi connectivity index (χ0v) is 103. The fourth-order valence-electron chi connectivity index (χ4n) is 14.3. The van der Waals surface area contributed by atoms with Crippen molar-refractivity contribution in [3.05, 3.63) is 83.4 Å². The van der Waals surface area contributed by atoms with Gasteiger partial charge in [0.25, 0.3) is 43.8 Å². The average Bonchev–Trinajstić information content (AvgIpc) is 0.799. The fourth-order valence-corrected chi connectivity index (χ4v) is 14.3. The highest BCUT2D eigenvalue weighted by Crippen LogP contribution is 2.47. The monoisotopic (exact) mass is 3000 g/mol. The van der Waals surface area contributed by atoms with Gasteiger partial charge in [-0.2, -0.15) is 78.9 Å². The van der Waals surface area contributed by atoms with E-state index in [9.17, 15) is 62.3 Å². The van der Waals surface area contributed by atoms with Crippen LogP contribution in [-0.4, -0.2) is 205 Å². The van der Waals surface area contributed by atoms with Crippen LogP contribution in [0.15, 0.2) is 122 Å². The van der Waals surface area contributed by atoms with Crippen molar-refractivity contribution in [1.82, 2.24) is 0 Å². The van der Waals surface area contributed by atoms with E-state index in [-0.39, 0.29) is 99.0 Å². The third-order valence-corrected chi connectivity index (χ3v) is 20.1. The van der Waals surface area contributed by atoms with Crippen molar-refractivity contribution in [3.8, 4) is 49.5 Å². The maximum Gasteiger partial charge on any atom is 0.331 e. The van der Waals surface area contributed by atoms with E-state index in [1.54, 1.807) is 122 Å². The number of methoxy groups -OCH3 is 1. The molecule has 50 heteroatoms. The first-order valence-electron chi connectivity index (χ1n) is 49.4. The van der Waals surface area contributed by atoms with Crippen molar-refractivity contribution in [2.45, 2.75) is 259 Å². The van der Waals surface area contributed by atoms with Gasteiger partial charge in [-0.15, -0.1) is 53.2 Å². The van der Waals surface area contributed by atoms with Gasteiger partial charge in [-0.3, -0.25) is 0 Å². The quantitative estimate of drug-likeness (QED) is 0.00583. The molecule has 0 bridgehead atoms. The molecule has 0 N–H and O–H groups in total. The van der Waals surface area contributed by atoms with Crippen molar-refractivity contribution in [2.75, 3.05) is 87.6 Å². The molecular weight excluding hydrogens is 2840 g/mol. The minimum Gasteiger partial charge on any atom is -0.467 e. The van der Waals surface area contributed by atoms with Gasteiger partial charge in [-0.1, -0.05) is 146 Å². The standard InChI is InChI=1S/C15H22N2O2.C15H10N2O2.C12H18N2O2.C11H18N2O2.C10H14N2O4.C9H12N2O4.C9H6N2O2.C8H12N2O2.C6H8N2O2.3CH3I.BHI.HI2P.2HI.8H2/c2*16-10-19-15-7-3-13(4-8-15)9-12-1-5-14(6-2-12)17-11-18;1-11(2)4-10(14-9-16)5-12(3,6-11)7-13-8-15;1-10(4-5-13-9-14)6-11(2,3)7-15-8-12;1-2-16-10(14)9(12-8-13)5-3-4-6-15-7-11;1-14-9(13)8(11-7-12)4-2-3-5-15-6-10;1-7-2-3-8(10-5-12)4-9(7)11-6-13;9-7-12-6-4-2-1-3-5-10-8-11;7-5-10-4-2-1-3-8-6-9;4*1-2;1-3-2;;;;;;;;;;/h12-15H,1-9H2;1-8H,9H2;10H,4-7H2,1-3H3;10H,4-7H2,1-3H3;9H,2-6H2,1H3;8H,2-5H2,1H3;2-4H,1H3;1-6H2;1-4H2;3*1H3;1H;3H;10*1H/i;;;;;;;;;1TD;3*1D;3D;;;1+2D;;;;;;;. The second-order valence-corrected chi connectivity index (χ2v) is 40.9. The smallest absolute Gasteiger partial charge is 0.331 e. The molecule has 0 amide bonds. The lowest BCUT2D eigenvalue weighted by Gasteiger charge is -2.44. The number of nitrogens with zero attached hydrogens (tertiary/aromatic N) is 18. The number of esters is 2. The molecule has 3 aliphatic carbocycles. The van der Waals surface area contributed by atoms with E-state index in [1.165, 1.54) is 106 Å². The molecule has 6 unspecified atom stereocenters. The molecule has 148 heavy (non-hydrogen) atoms. The van der Waals surface area contributed by atoms with E-state index in [0.717, 1.165) is 131 Å². The number of nitriles is 7. The number of unbranched alkanes of at least 4 members (excludes halogenated alkanes) is 6. The van der Waals surface area contributed by atoms with Crippen LogP contribution in [0.3, 0.4) is 0 Å². The van der Waals surface area contributed by atoms with Crippen molar-refractivity contribution in [2.24, 2.45) is 88.9 Å². The molecule has 3 aromatic carbocycles. The summed E-state index contributed by atoms with van der Waals surface area (Å²) in [6.45, 7) is 20.3. The van der Waals surface area contributed by atoms with Crippen molar-refractivity contribution in [3.63, 3.8) is 0 Å². The first-order valence-corrected chi connectivity index (χ1v) is 56.8. The number of carbonyl (C=O) groups excluding carboxylic acids is 13. The average molecular weight is 3000 g/mol. The first-order chi connectivity index (χ1) is 73.9. The summed E-state index contributed by atoms with van der Waals surface area (Å²) in [5.74, 6) is 1.51. The van der Waals surface area contributed by atoms with Gasteiger partial charge in [-0.05, 0) is 323 Å². The van der Waals surface area contributed by atoms with E-state index in [2.05, 4.69) is 164 Å². The molecule has 3 aromatic rings. The predicted octanol–water partition coefficient (Wildman–Crippen LogP) is 25.3. The zero-order chi connectivity index (χ0) is 118. The molecule has 0 aromatic heterocycles. The Labute approximate surface area is 1010 Å². The summed E-state index contributed by atoms with van der Waals surface area (Å²) >= 11 is 11.5. The molecule has 0 saturated heterocycles. The fraction of sp³-hybridized carbons (Fsp3) is 0.612. The van der Waals surface area contributed by atoms with Gasteiger partial charge in [0.05, 0.1) is 70.3 Å². The van der Waals surface area contributed by atoms with Gasteiger partial charge in [0.2, 0.25) is 66.9 Å². The molecule has 3 aliphatic rings. The normalized spacial score (nSPS) is 15.7. The van der Waals surface area contributed by atoms with Crippen LogP contribution < -0.4 is 4.74 Å². The van der Waals surface area contributed by atoms with Gasteiger partial charge in [0, 0.05) is 27.7 Å². The topological polar surface area (TPSA) is 607 Å². The van der Waals surface area contributed by atoms with Crippen LogP contribution in [0.25, 0.3) is 0 Å². The van der Waals surface area contributed by atoms with Gasteiger partial charge in [0.15, 0.2) is 17.7 Å². The van der Waals surface area contributed by atoms with E-state index < -0.39 is 32.7 Å². The second kappa shape index (κ2) is 120. The Morgan fingerprint density at radius 3 is 1.43 bits per heavy atom. The van der Waals surface area contributed by atoms with E-state index >= 15 is 0 Å². The highest BCUT2D eigenvalue weighted by Gasteiger charge is 2.41. The maximum absolute atomic E-state index is 11.3. The highest BCUT2D eigenvalue weighted by atomic mass is 127. The Hall–Kier alpha value is -8.86. The second-order valence-electron chi connectivity index (χ2n) is 32.3. The Morgan fingerprint density at radius 2 is 0.993 bits per heavy atom. The van der Waals surface area contributed by atoms with Crippen LogP contribution in [-0.2, 0) is 107 Å². The summed E-state index contributed by atoms with van der Waals surface area (Å²) in [7, 11) is 1.23. The summed E-state index contributed by atoms with van der Waals surface area (Å²) in [5, 5.41) is 57.3. The Balaban J connectivity index is -0.0000000886. The molecule has 3 fully saturated rings. The molecule has 0 spiro atoms. The van der Waals surface area contributed by atoms with Crippen LogP contribution in [0.1, 0.15) is 251 Å². The van der Waals surface area contributed by atoms with Crippen molar-refractivity contribution in [1.29, 1.82) is 39.4 Å². The van der Waals surface area contributed by atoms with Crippen LogP contribution >= 0.6 is 186 Å². The van der Waals surface area contributed by atoms with Gasteiger partial charge < -0.3 is 42.6 Å².